The van der Waals surface area contributed by atoms with Crippen LogP contribution in [0, 0.1) is 15.5 Å². The van der Waals surface area contributed by atoms with Crippen molar-refractivity contribution in [2.24, 2.45) is 5.41 Å². The van der Waals surface area contributed by atoms with Crippen molar-refractivity contribution in [2.75, 3.05) is 67.6 Å². The predicted molar refractivity (Wildman–Crippen MR) is 267 cm³/mol. The van der Waals surface area contributed by atoms with Gasteiger partial charge in [-0.25, -0.2) is 13.1 Å². The van der Waals surface area contributed by atoms with Crippen LogP contribution in [0.4, 0.5) is 28.4 Å². The number of benzene rings is 3. The minimum atomic E-state index is -4.66. The molecule has 5 atom stereocenters. The van der Waals surface area contributed by atoms with Crippen LogP contribution in [0.3, 0.4) is 0 Å². The molecule has 7 aliphatic rings. The lowest BCUT2D eigenvalue weighted by molar-refractivity contribution is -0.384. The number of nitrogens with one attached hydrogen (secondary N) is 3. The molecule has 1 amide bonds. The van der Waals surface area contributed by atoms with Gasteiger partial charge in [0.25, 0.3) is 21.6 Å². The molecule has 5 aromatic rings. The summed E-state index contributed by atoms with van der Waals surface area (Å²) in [5.74, 6) is -0.465. The molecule has 4 saturated heterocycles. The molecular weight excluding hydrogens is 911 g/mol. The highest BCUT2D eigenvalue weighted by Crippen LogP contribution is 2.55. The lowest BCUT2D eigenvalue weighted by Gasteiger charge is -2.56. The molecule has 3 aromatic carbocycles. The van der Waals surface area contributed by atoms with Crippen LogP contribution in [0.2, 0.25) is 0 Å². The summed E-state index contributed by atoms with van der Waals surface area (Å²) < 4.78 is 48.7. The number of fused-ring (bicyclic) bond motifs is 5. The SMILES string of the molecule is C=C(C)c1ccccc1[C@@H]1CCCN1C1CC2(CCN(c3ccc(C(=O)NS(=O)(=O)c4cc5c(c([N+](=O)[O-])c4)N[C@@H](CN4C[C@H]6C[C@@H]4CO6)CO5)c(N4C[C@@H](C)Oc5nc6[nH]ccc6cc54)c3)CC2)C1. The summed E-state index contributed by atoms with van der Waals surface area (Å²) in [5.41, 5.74) is 6.54. The smallest absolute Gasteiger partial charge is 0.297 e. The third kappa shape index (κ3) is 8.01. The average Bonchev–Trinajstić information content (AvgIpc) is 4.18. The topological polar surface area (TPSA) is 188 Å². The molecule has 17 nitrogen and oxygen atoms in total. The Morgan fingerprint density at radius 2 is 1.83 bits per heavy atom. The quantitative estimate of drug-likeness (QED) is 0.0860. The standard InChI is InChI=1S/C52H59N9O8S/c1-31(2)40-7-4-5-8-41(40)43-9-6-16-59(43)37-24-52(25-37)13-17-57(18-14-52)35-10-11-42(44(21-35)60-26-32(3)69-51-46(60)19-33-12-15-53-49(33)55-51)50(62)56-70(65,66)39-22-45(61(63)64)48-47(23-39)68-29-34(54-48)27-58-28-38-20-36(58)30-67-38/h4-5,7-8,10-12,15,19,21-23,32,34,36-38,43,54H,1,6,9,13-14,16-18,20,24-30H2,2-3H3,(H,53,55)(H,56,62)/t32-,34+,36-,38-,43+/m1/s1. The maximum Gasteiger partial charge on any atom is 0.297 e. The number of sulfonamides is 1. The first kappa shape index (κ1) is 45.0. The van der Waals surface area contributed by atoms with Gasteiger partial charge in [0.1, 0.15) is 24.0 Å². The summed E-state index contributed by atoms with van der Waals surface area (Å²) in [6.45, 7) is 13.7. The van der Waals surface area contributed by atoms with E-state index in [1.54, 1.807) is 12.3 Å². The number of hydrogen-bond donors (Lipinski definition) is 3. The summed E-state index contributed by atoms with van der Waals surface area (Å²) in [6, 6.07) is 21.4. The van der Waals surface area contributed by atoms with Crippen LogP contribution in [0.25, 0.3) is 16.6 Å². The van der Waals surface area contributed by atoms with Gasteiger partial charge < -0.3 is 34.3 Å². The average molecular weight is 970 g/mol. The van der Waals surface area contributed by atoms with Crippen LogP contribution >= 0.6 is 0 Å². The summed E-state index contributed by atoms with van der Waals surface area (Å²) in [7, 11) is -4.66. The zero-order valence-electron chi connectivity index (χ0n) is 39.6. The molecule has 0 unspecified atom stereocenters. The Balaban J connectivity index is 0.799. The van der Waals surface area contributed by atoms with Gasteiger partial charge in [-0.2, -0.15) is 4.98 Å². The number of morpholine rings is 1. The van der Waals surface area contributed by atoms with E-state index in [1.807, 2.05) is 36.1 Å². The molecular formula is C52H59N9O8S. The van der Waals surface area contributed by atoms with Crippen molar-refractivity contribution >= 4 is 61.0 Å². The van der Waals surface area contributed by atoms with E-state index in [-0.39, 0.29) is 47.3 Å². The van der Waals surface area contributed by atoms with Gasteiger partial charge in [0, 0.05) is 73.7 Å². The van der Waals surface area contributed by atoms with Crippen LogP contribution in [-0.4, -0.2) is 122 Å². The third-order valence-electron chi connectivity index (χ3n) is 16.2. The van der Waals surface area contributed by atoms with Crippen LogP contribution in [0.5, 0.6) is 11.6 Å². The maximum atomic E-state index is 14.6. The van der Waals surface area contributed by atoms with Crippen molar-refractivity contribution in [3.05, 3.63) is 106 Å². The molecule has 5 fully saturated rings. The number of rotatable bonds is 11. The normalized spacial score (nSPS) is 25.2. The maximum absolute atomic E-state index is 14.6. The Labute approximate surface area is 407 Å². The Morgan fingerprint density at radius 1 is 1.00 bits per heavy atom. The molecule has 1 saturated carbocycles. The monoisotopic (exact) mass is 969 g/mol. The van der Waals surface area contributed by atoms with Crippen LogP contribution in [0.1, 0.15) is 86.3 Å². The molecule has 70 heavy (non-hydrogen) atoms. The number of carbonyl (C=O) groups excluding carboxylic acids is 1. The van der Waals surface area contributed by atoms with E-state index in [0.29, 0.717) is 60.7 Å². The predicted octanol–water partition coefficient (Wildman–Crippen LogP) is 7.77. The van der Waals surface area contributed by atoms with Gasteiger partial charge in [-0.1, -0.05) is 36.4 Å². The molecule has 12 rings (SSSR count). The lowest BCUT2D eigenvalue weighted by Crippen LogP contribution is -2.55. The highest BCUT2D eigenvalue weighted by Gasteiger charge is 2.50. The molecule has 1 spiro atoms. The number of pyridine rings is 1. The molecule has 2 bridgehead atoms. The highest BCUT2D eigenvalue weighted by atomic mass is 32.2. The van der Waals surface area contributed by atoms with Gasteiger partial charge in [-0.15, -0.1) is 0 Å². The van der Waals surface area contributed by atoms with E-state index in [9.17, 15) is 23.3 Å². The van der Waals surface area contributed by atoms with Gasteiger partial charge in [-0.3, -0.25) is 24.7 Å². The Hall–Kier alpha value is -6.21. The van der Waals surface area contributed by atoms with Crippen molar-refractivity contribution in [3.63, 3.8) is 0 Å². The largest absolute Gasteiger partial charge is 0.489 e. The van der Waals surface area contributed by atoms with Gasteiger partial charge >= 0.3 is 0 Å². The van der Waals surface area contributed by atoms with Crippen LogP contribution in [0.15, 0.2) is 84.4 Å². The fourth-order valence-electron chi connectivity index (χ4n) is 12.6. The summed E-state index contributed by atoms with van der Waals surface area (Å²) in [4.78, 5) is 43.3. The molecule has 6 aliphatic heterocycles. The lowest BCUT2D eigenvalue weighted by atomic mass is 9.59. The number of nitro benzene ring substituents is 1. The summed E-state index contributed by atoms with van der Waals surface area (Å²) in [5, 5.41) is 16.6. The van der Waals surface area contributed by atoms with Gasteiger partial charge in [-0.05, 0) is 112 Å². The number of carbonyl (C=O) groups is 1. The van der Waals surface area contributed by atoms with Gasteiger partial charge in [0.2, 0.25) is 5.88 Å². The molecule has 18 heteroatoms. The molecule has 366 valence electrons. The van der Waals surface area contributed by atoms with Crippen molar-refractivity contribution < 1.29 is 32.3 Å². The Bertz CT molecular complexity index is 3040. The minimum Gasteiger partial charge on any atom is -0.489 e. The van der Waals surface area contributed by atoms with Gasteiger partial charge in [0.15, 0.2) is 11.4 Å². The number of hydrogen-bond acceptors (Lipinski definition) is 14. The number of piperidine rings is 1. The van der Waals surface area contributed by atoms with Crippen LogP contribution in [-0.2, 0) is 14.8 Å². The fraction of sp³-hybridized carbons (Fsp3) is 0.462. The second-order valence-corrected chi connectivity index (χ2v) is 22.4. The van der Waals surface area contributed by atoms with Crippen LogP contribution < -0.4 is 29.3 Å². The zero-order chi connectivity index (χ0) is 48.1. The van der Waals surface area contributed by atoms with Gasteiger partial charge in [0.05, 0.1) is 46.4 Å². The summed E-state index contributed by atoms with van der Waals surface area (Å²) >= 11 is 0. The van der Waals surface area contributed by atoms with E-state index in [4.69, 9.17) is 19.2 Å². The molecule has 0 radical (unpaired) electrons. The second kappa shape index (κ2) is 17.3. The number of allylic oxidation sites excluding steroid dienone is 1. The second-order valence-electron chi connectivity index (χ2n) is 20.7. The number of likely N-dealkylation sites (tertiary alicyclic amines) is 2. The first-order valence-electron chi connectivity index (χ1n) is 24.7. The number of aromatic nitrogens is 2. The Morgan fingerprint density at radius 3 is 2.60 bits per heavy atom. The number of amides is 1. The number of nitro groups is 1. The third-order valence-corrected chi connectivity index (χ3v) is 17.5. The summed E-state index contributed by atoms with van der Waals surface area (Å²) in [6.07, 6.45) is 9.47. The molecule has 1 aliphatic carbocycles. The number of aromatic amines is 1. The van der Waals surface area contributed by atoms with E-state index in [2.05, 4.69) is 67.5 Å². The first-order chi connectivity index (χ1) is 33.8. The zero-order valence-corrected chi connectivity index (χ0v) is 40.4. The van der Waals surface area contributed by atoms with E-state index < -0.39 is 31.4 Å². The van der Waals surface area contributed by atoms with E-state index >= 15 is 0 Å². The van der Waals surface area contributed by atoms with Crippen molar-refractivity contribution in [1.82, 2.24) is 24.5 Å². The Kier molecular flexibility index (Phi) is 11.1. The molecule has 3 N–H and O–H groups in total. The van der Waals surface area contributed by atoms with Crippen molar-refractivity contribution in [3.8, 4) is 11.6 Å². The number of nitrogens with zero attached hydrogens (tertiary/aromatic N) is 6. The van der Waals surface area contributed by atoms with E-state index in [0.717, 1.165) is 68.2 Å². The van der Waals surface area contributed by atoms with E-state index in [1.165, 1.54) is 42.9 Å². The fourth-order valence-corrected chi connectivity index (χ4v) is 13.6. The molecule has 8 heterocycles. The number of H-pyrrole nitrogens is 1. The number of ether oxygens (including phenoxy) is 3. The molecule has 2 aromatic heterocycles. The first-order valence-corrected chi connectivity index (χ1v) is 26.2. The minimum absolute atomic E-state index is 0.0300. The van der Waals surface area contributed by atoms with Crippen molar-refractivity contribution in [2.45, 2.75) is 100 Å². The number of anilines is 4. The van der Waals surface area contributed by atoms with Crippen molar-refractivity contribution in [1.29, 1.82) is 0 Å². The highest BCUT2D eigenvalue weighted by molar-refractivity contribution is 7.90.